The van der Waals surface area contributed by atoms with Crippen LogP contribution in [-0.4, -0.2) is 47.2 Å². The smallest absolute Gasteiger partial charge is 0.353 e. The summed E-state index contributed by atoms with van der Waals surface area (Å²) < 4.78 is 78.0. The molecule has 3 aromatic rings. The minimum absolute atomic E-state index is 0.0220. The Balaban J connectivity index is 1.37. The summed E-state index contributed by atoms with van der Waals surface area (Å²) in [5.74, 6) is 1.28. The molecular weight excluding hydrogens is 492 g/mol. The lowest BCUT2D eigenvalue weighted by molar-refractivity contribution is -0.143. The molecule has 2 amide bonds. The number of carbonyl (C=O) groups excluding carboxylic acids is 1. The molecule has 0 atom stereocenters. The first-order chi connectivity index (χ1) is 17.0. The van der Waals surface area contributed by atoms with E-state index in [1.54, 1.807) is 6.20 Å². The molecule has 0 unspecified atom stereocenters. The zero-order valence-corrected chi connectivity index (χ0v) is 18.4. The molecule has 1 aromatic carbocycles. The Bertz CT molecular complexity index is 1160. The van der Waals surface area contributed by atoms with E-state index in [-0.39, 0.29) is 11.8 Å². The summed E-state index contributed by atoms with van der Waals surface area (Å²) in [5.41, 5.74) is -3.64. The van der Waals surface area contributed by atoms with Gasteiger partial charge in [0.15, 0.2) is 0 Å². The summed E-state index contributed by atoms with van der Waals surface area (Å²) in [4.78, 5) is 29.0. The summed E-state index contributed by atoms with van der Waals surface area (Å²) in [6.07, 6.45) is -5.75. The lowest BCUT2D eigenvalue weighted by Gasteiger charge is -2.35. The largest absolute Gasteiger partial charge is 0.416 e. The van der Waals surface area contributed by atoms with Gasteiger partial charge < -0.3 is 20.4 Å². The fraction of sp³-hybridized carbons (Fsp3) is 0.273. The Hall–Kier alpha value is -4.10. The summed E-state index contributed by atoms with van der Waals surface area (Å²) in [7, 11) is 0. The molecular formula is C22H19F6N7O. The summed E-state index contributed by atoms with van der Waals surface area (Å²) in [6, 6.07) is 5.41. The van der Waals surface area contributed by atoms with Crippen LogP contribution in [0, 0.1) is 0 Å². The normalized spacial score (nSPS) is 14.5. The first-order valence-electron chi connectivity index (χ1n) is 10.6. The van der Waals surface area contributed by atoms with Crippen molar-refractivity contribution in [1.82, 2.24) is 15.0 Å². The molecule has 2 N–H and O–H groups in total. The average Bonchev–Trinajstić information content (AvgIpc) is 2.84. The van der Waals surface area contributed by atoms with Gasteiger partial charge in [-0.1, -0.05) is 6.07 Å². The van der Waals surface area contributed by atoms with E-state index in [9.17, 15) is 31.1 Å². The summed E-state index contributed by atoms with van der Waals surface area (Å²) in [6.45, 7) is 2.64. The first-order valence-corrected chi connectivity index (χ1v) is 10.6. The molecule has 3 heterocycles. The predicted molar refractivity (Wildman–Crippen MR) is 120 cm³/mol. The number of nitrogens with zero attached hydrogens (tertiary/aromatic N) is 5. The van der Waals surface area contributed by atoms with Crippen LogP contribution in [0.15, 0.2) is 55.0 Å². The topological polar surface area (TPSA) is 86.3 Å². The molecule has 14 heteroatoms. The van der Waals surface area contributed by atoms with Gasteiger partial charge in [0.2, 0.25) is 5.95 Å². The highest BCUT2D eigenvalue weighted by Crippen LogP contribution is 2.37. The fourth-order valence-electron chi connectivity index (χ4n) is 3.55. The molecule has 0 bridgehead atoms. The Kier molecular flexibility index (Phi) is 6.86. The van der Waals surface area contributed by atoms with Gasteiger partial charge in [-0.15, -0.1) is 0 Å². The van der Waals surface area contributed by atoms with Crippen molar-refractivity contribution in [3.8, 4) is 0 Å². The minimum atomic E-state index is -5.03. The van der Waals surface area contributed by atoms with Crippen LogP contribution >= 0.6 is 0 Å². The number of benzene rings is 1. The monoisotopic (exact) mass is 511 g/mol. The van der Waals surface area contributed by atoms with Crippen molar-refractivity contribution in [2.24, 2.45) is 0 Å². The highest BCUT2D eigenvalue weighted by molar-refractivity contribution is 5.99. The molecule has 36 heavy (non-hydrogen) atoms. The van der Waals surface area contributed by atoms with Crippen LogP contribution in [0.25, 0.3) is 0 Å². The molecule has 190 valence electrons. The molecule has 1 aliphatic heterocycles. The molecule has 4 rings (SSSR count). The van der Waals surface area contributed by atoms with Crippen LogP contribution in [0.2, 0.25) is 0 Å². The quantitative estimate of drug-likeness (QED) is 0.486. The van der Waals surface area contributed by atoms with E-state index in [0.717, 1.165) is 5.82 Å². The standard InChI is InChI=1S/C22H19F6N7O/c23-21(24,25)14-9-15(22(26,27)28)11-16(10-14)32-20(36)33-17-12-30-19(31-13-17)35-7-5-34(6-8-35)18-3-1-2-4-29-18/h1-4,9-13H,5-8H2,(H2,32,33,36). The van der Waals surface area contributed by atoms with E-state index in [2.05, 4.69) is 25.2 Å². The molecule has 0 saturated carbocycles. The molecule has 0 spiro atoms. The fourth-order valence-corrected chi connectivity index (χ4v) is 3.55. The number of nitrogens with one attached hydrogen (secondary N) is 2. The summed E-state index contributed by atoms with van der Waals surface area (Å²) in [5, 5.41) is 4.28. The van der Waals surface area contributed by atoms with Crippen molar-refractivity contribution in [1.29, 1.82) is 0 Å². The number of hydrogen-bond donors (Lipinski definition) is 2. The maximum absolute atomic E-state index is 13.0. The number of pyridine rings is 1. The molecule has 1 aliphatic rings. The van der Waals surface area contributed by atoms with Crippen molar-refractivity contribution >= 4 is 29.2 Å². The van der Waals surface area contributed by atoms with Crippen molar-refractivity contribution < 1.29 is 31.1 Å². The Labute approximate surface area is 201 Å². The number of piperazine rings is 1. The molecule has 0 radical (unpaired) electrons. The lowest BCUT2D eigenvalue weighted by Crippen LogP contribution is -2.47. The molecule has 1 fully saturated rings. The third kappa shape index (κ3) is 6.12. The zero-order chi connectivity index (χ0) is 25.9. The highest BCUT2D eigenvalue weighted by atomic mass is 19.4. The van der Waals surface area contributed by atoms with Crippen molar-refractivity contribution in [3.05, 3.63) is 66.1 Å². The van der Waals surface area contributed by atoms with Crippen molar-refractivity contribution in [3.63, 3.8) is 0 Å². The SMILES string of the molecule is O=C(Nc1cnc(N2CCN(c3ccccn3)CC2)nc1)Nc1cc(C(F)(F)F)cc(C(F)(F)F)c1. The van der Waals surface area contributed by atoms with Crippen LogP contribution in [0.5, 0.6) is 0 Å². The summed E-state index contributed by atoms with van der Waals surface area (Å²) >= 11 is 0. The second kappa shape index (κ2) is 9.87. The number of carbonyl (C=O) groups is 1. The lowest BCUT2D eigenvalue weighted by atomic mass is 10.1. The van der Waals surface area contributed by atoms with Gasteiger partial charge >= 0.3 is 18.4 Å². The van der Waals surface area contributed by atoms with Crippen LogP contribution in [0.3, 0.4) is 0 Å². The van der Waals surface area contributed by atoms with Gasteiger partial charge in [-0.3, -0.25) is 0 Å². The molecule has 1 saturated heterocycles. The second-order valence-electron chi connectivity index (χ2n) is 7.81. The number of anilines is 4. The van der Waals surface area contributed by atoms with Crippen LogP contribution in [-0.2, 0) is 12.4 Å². The number of alkyl halides is 6. The van der Waals surface area contributed by atoms with Crippen LogP contribution < -0.4 is 20.4 Å². The number of aromatic nitrogens is 3. The van der Waals surface area contributed by atoms with Gasteiger partial charge in [-0.2, -0.15) is 26.3 Å². The van der Waals surface area contributed by atoms with E-state index >= 15 is 0 Å². The molecule has 8 nitrogen and oxygen atoms in total. The van der Waals surface area contributed by atoms with Crippen molar-refractivity contribution in [2.45, 2.75) is 12.4 Å². The third-order valence-electron chi connectivity index (χ3n) is 5.28. The van der Waals surface area contributed by atoms with Crippen molar-refractivity contribution in [2.75, 3.05) is 46.6 Å². The van der Waals surface area contributed by atoms with Gasteiger partial charge in [0.05, 0.1) is 29.2 Å². The maximum atomic E-state index is 13.0. The first kappa shape index (κ1) is 25.0. The minimum Gasteiger partial charge on any atom is -0.353 e. The number of halogens is 6. The van der Waals surface area contributed by atoms with Gasteiger partial charge in [0, 0.05) is 38.1 Å². The third-order valence-corrected chi connectivity index (χ3v) is 5.28. The second-order valence-corrected chi connectivity index (χ2v) is 7.81. The van der Waals surface area contributed by atoms with Crippen LogP contribution in [0.4, 0.5) is 54.3 Å². The van der Waals surface area contributed by atoms with Gasteiger partial charge in [-0.25, -0.2) is 19.7 Å². The number of rotatable bonds is 4. The van der Waals surface area contributed by atoms with Gasteiger partial charge in [0.1, 0.15) is 5.82 Å². The maximum Gasteiger partial charge on any atom is 0.416 e. The van der Waals surface area contributed by atoms with Gasteiger partial charge in [-0.05, 0) is 30.3 Å². The van der Waals surface area contributed by atoms with E-state index in [0.29, 0.717) is 44.3 Å². The Morgan fingerprint density at radius 2 is 1.31 bits per heavy atom. The Morgan fingerprint density at radius 3 is 1.83 bits per heavy atom. The highest BCUT2D eigenvalue weighted by Gasteiger charge is 2.37. The Morgan fingerprint density at radius 1 is 0.750 bits per heavy atom. The zero-order valence-electron chi connectivity index (χ0n) is 18.4. The van der Waals surface area contributed by atoms with E-state index < -0.39 is 35.2 Å². The number of amides is 2. The molecule has 0 aliphatic carbocycles. The predicted octanol–water partition coefficient (Wildman–Crippen LogP) is 4.88. The molecule has 2 aromatic heterocycles. The van der Waals surface area contributed by atoms with E-state index in [1.165, 1.54) is 12.4 Å². The number of urea groups is 1. The average molecular weight is 511 g/mol. The van der Waals surface area contributed by atoms with Crippen LogP contribution in [0.1, 0.15) is 11.1 Å². The number of hydrogen-bond acceptors (Lipinski definition) is 6. The van der Waals surface area contributed by atoms with E-state index in [4.69, 9.17) is 0 Å². The van der Waals surface area contributed by atoms with Gasteiger partial charge in [0.25, 0.3) is 0 Å². The van der Waals surface area contributed by atoms with E-state index in [1.807, 2.05) is 28.4 Å².